The van der Waals surface area contributed by atoms with Crippen molar-refractivity contribution >= 4 is 17.3 Å². The molecule has 0 amide bonds. The standard InChI is InChI=1S/C15H18N4O2/c1-2-16-14-10-13(19(20)21)11-15(18-14)17-9-8-12-6-4-3-5-7-12/h3-7,10-11H,2,8-9H2,1H3,(H2,16,17,18). The monoisotopic (exact) mass is 286 g/mol. The maximum atomic E-state index is 10.9. The van der Waals surface area contributed by atoms with Crippen LogP contribution < -0.4 is 10.6 Å². The van der Waals surface area contributed by atoms with E-state index in [0.717, 1.165) is 6.42 Å². The Bertz CT molecular complexity index is 602. The number of anilines is 2. The second kappa shape index (κ2) is 7.23. The van der Waals surface area contributed by atoms with Crippen LogP contribution >= 0.6 is 0 Å². The van der Waals surface area contributed by atoms with Crippen molar-refractivity contribution in [1.29, 1.82) is 0 Å². The van der Waals surface area contributed by atoms with Gasteiger partial charge in [0, 0.05) is 13.1 Å². The molecule has 21 heavy (non-hydrogen) atoms. The second-order valence-electron chi connectivity index (χ2n) is 4.55. The van der Waals surface area contributed by atoms with Gasteiger partial charge in [0.15, 0.2) is 0 Å². The first kappa shape index (κ1) is 14.8. The fourth-order valence-electron chi connectivity index (χ4n) is 1.96. The van der Waals surface area contributed by atoms with Gasteiger partial charge in [-0.15, -0.1) is 0 Å². The molecule has 0 atom stereocenters. The summed E-state index contributed by atoms with van der Waals surface area (Å²) in [6.45, 7) is 3.25. The van der Waals surface area contributed by atoms with Gasteiger partial charge in [-0.05, 0) is 18.9 Å². The predicted octanol–water partition coefficient (Wildman–Crippen LogP) is 3.08. The number of benzene rings is 1. The van der Waals surface area contributed by atoms with Gasteiger partial charge in [-0.25, -0.2) is 4.98 Å². The molecule has 0 aliphatic carbocycles. The van der Waals surface area contributed by atoms with E-state index in [1.54, 1.807) is 0 Å². The van der Waals surface area contributed by atoms with E-state index < -0.39 is 4.92 Å². The van der Waals surface area contributed by atoms with E-state index in [1.807, 2.05) is 37.3 Å². The predicted molar refractivity (Wildman–Crippen MR) is 83.7 cm³/mol. The van der Waals surface area contributed by atoms with E-state index >= 15 is 0 Å². The molecule has 0 unspecified atom stereocenters. The van der Waals surface area contributed by atoms with Crippen molar-refractivity contribution in [2.45, 2.75) is 13.3 Å². The van der Waals surface area contributed by atoms with Crippen LogP contribution in [0.15, 0.2) is 42.5 Å². The average molecular weight is 286 g/mol. The minimum Gasteiger partial charge on any atom is -0.370 e. The van der Waals surface area contributed by atoms with E-state index in [-0.39, 0.29) is 5.69 Å². The van der Waals surface area contributed by atoms with Crippen LogP contribution in [0.4, 0.5) is 17.3 Å². The lowest BCUT2D eigenvalue weighted by molar-refractivity contribution is -0.384. The van der Waals surface area contributed by atoms with Crippen molar-refractivity contribution in [3.8, 4) is 0 Å². The lowest BCUT2D eigenvalue weighted by Crippen LogP contribution is -2.08. The van der Waals surface area contributed by atoms with Gasteiger partial charge in [0.05, 0.1) is 17.1 Å². The molecule has 0 radical (unpaired) electrons. The van der Waals surface area contributed by atoms with Crippen LogP contribution in [-0.2, 0) is 6.42 Å². The molecule has 0 spiro atoms. The van der Waals surface area contributed by atoms with Crippen LogP contribution in [0.2, 0.25) is 0 Å². The summed E-state index contributed by atoms with van der Waals surface area (Å²) in [6.07, 6.45) is 0.835. The minimum absolute atomic E-state index is 0.0307. The molecule has 0 aliphatic heterocycles. The van der Waals surface area contributed by atoms with E-state index in [4.69, 9.17) is 0 Å². The Kier molecular flexibility index (Phi) is 5.09. The zero-order valence-corrected chi connectivity index (χ0v) is 11.9. The summed E-state index contributed by atoms with van der Waals surface area (Å²) < 4.78 is 0. The first-order valence-corrected chi connectivity index (χ1v) is 6.87. The van der Waals surface area contributed by atoms with Crippen molar-refractivity contribution in [2.75, 3.05) is 23.7 Å². The molecule has 1 aromatic carbocycles. The molecule has 6 nitrogen and oxygen atoms in total. The average Bonchev–Trinajstić information content (AvgIpc) is 2.48. The fourth-order valence-corrected chi connectivity index (χ4v) is 1.96. The molecular weight excluding hydrogens is 268 g/mol. The topological polar surface area (TPSA) is 80.1 Å². The van der Waals surface area contributed by atoms with Gasteiger partial charge in [-0.2, -0.15) is 0 Å². The molecule has 0 aliphatic rings. The molecule has 2 aromatic rings. The van der Waals surface area contributed by atoms with Gasteiger partial charge < -0.3 is 10.6 Å². The van der Waals surface area contributed by atoms with Crippen LogP contribution in [0, 0.1) is 10.1 Å². The number of hydrogen-bond acceptors (Lipinski definition) is 5. The van der Waals surface area contributed by atoms with Gasteiger partial charge >= 0.3 is 0 Å². The summed E-state index contributed by atoms with van der Waals surface area (Å²) >= 11 is 0. The van der Waals surface area contributed by atoms with E-state index in [9.17, 15) is 10.1 Å². The molecule has 0 saturated carbocycles. The summed E-state index contributed by atoms with van der Waals surface area (Å²) in [5.41, 5.74) is 1.24. The van der Waals surface area contributed by atoms with Crippen LogP contribution in [-0.4, -0.2) is 23.0 Å². The number of rotatable bonds is 7. The highest BCUT2D eigenvalue weighted by atomic mass is 16.6. The maximum Gasteiger partial charge on any atom is 0.276 e. The molecule has 0 saturated heterocycles. The molecule has 2 N–H and O–H groups in total. The third-order valence-electron chi connectivity index (χ3n) is 2.94. The molecular formula is C15H18N4O2. The maximum absolute atomic E-state index is 10.9. The summed E-state index contributed by atoms with van der Waals surface area (Å²) in [4.78, 5) is 14.8. The van der Waals surface area contributed by atoms with Crippen molar-refractivity contribution in [3.63, 3.8) is 0 Å². The van der Waals surface area contributed by atoms with Crippen LogP contribution in [0.25, 0.3) is 0 Å². The molecule has 110 valence electrons. The number of nitrogens with zero attached hydrogens (tertiary/aromatic N) is 2. The highest BCUT2D eigenvalue weighted by Gasteiger charge is 2.10. The van der Waals surface area contributed by atoms with Crippen LogP contribution in [0.3, 0.4) is 0 Å². The van der Waals surface area contributed by atoms with Crippen molar-refractivity contribution in [1.82, 2.24) is 4.98 Å². The molecule has 1 heterocycles. The van der Waals surface area contributed by atoms with Gasteiger partial charge in [0.2, 0.25) is 0 Å². The zero-order valence-electron chi connectivity index (χ0n) is 11.9. The molecule has 6 heteroatoms. The second-order valence-corrected chi connectivity index (χ2v) is 4.55. The SMILES string of the molecule is CCNc1cc([N+](=O)[O-])cc(NCCc2ccccc2)n1. The first-order valence-electron chi connectivity index (χ1n) is 6.87. The number of nitro groups is 1. The fraction of sp³-hybridized carbons (Fsp3) is 0.267. The van der Waals surface area contributed by atoms with E-state index in [0.29, 0.717) is 24.7 Å². The number of hydrogen-bond donors (Lipinski definition) is 2. The lowest BCUT2D eigenvalue weighted by Gasteiger charge is -2.08. The molecule has 0 fully saturated rings. The Morgan fingerprint density at radius 1 is 1.14 bits per heavy atom. The normalized spacial score (nSPS) is 10.1. The summed E-state index contributed by atoms with van der Waals surface area (Å²) in [5.74, 6) is 1.02. The third kappa shape index (κ3) is 4.45. The Morgan fingerprint density at radius 3 is 2.43 bits per heavy atom. The largest absolute Gasteiger partial charge is 0.370 e. The highest BCUT2D eigenvalue weighted by molar-refractivity contribution is 5.54. The quantitative estimate of drug-likeness (QED) is 0.604. The number of pyridine rings is 1. The Morgan fingerprint density at radius 2 is 1.81 bits per heavy atom. The molecule has 1 aromatic heterocycles. The molecule has 0 bridgehead atoms. The highest BCUT2D eigenvalue weighted by Crippen LogP contribution is 2.20. The lowest BCUT2D eigenvalue weighted by atomic mass is 10.1. The van der Waals surface area contributed by atoms with E-state index in [2.05, 4.69) is 15.6 Å². The Hall–Kier alpha value is -2.63. The van der Waals surface area contributed by atoms with Crippen molar-refractivity contribution < 1.29 is 4.92 Å². The summed E-state index contributed by atoms with van der Waals surface area (Å²) in [7, 11) is 0. The van der Waals surface area contributed by atoms with Gasteiger partial charge in [0.1, 0.15) is 11.6 Å². The summed E-state index contributed by atoms with van der Waals surface area (Å²) in [6, 6.07) is 12.9. The number of nitrogens with one attached hydrogen (secondary N) is 2. The van der Waals surface area contributed by atoms with Crippen molar-refractivity contribution in [2.24, 2.45) is 0 Å². The van der Waals surface area contributed by atoms with Gasteiger partial charge in [-0.1, -0.05) is 30.3 Å². The van der Waals surface area contributed by atoms with E-state index in [1.165, 1.54) is 17.7 Å². The van der Waals surface area contributed by atoms with Gasteiger partial charge in [0.25, 0.3) is 5.69 Å². The van der Waals surface area contributed by atoms with Crippen LogP contribution in [0.5, 0.6) is 0 Å². The third-order valence-corrected chi connectivity index (χ3v) is 2.94. The van der Waals surface area contributed by atoms with Gasteiger partial charge in [-0.3, -0.25) is 10.1 Å². The summed E-state index contributed by atoms with van der Waals surface area (Å²) in [5, 5.41) is 17.1. The minimum atomic E-state index is -0.412. The zero-order chi connectivity index (χ0) is 15.1. The Balaban J connectivity index is 2.03. The molecule has 2 rings (SSSR count). The first-order chi connectivity index (χ1) is 10.2. The van der Waals surface area contributed by atoms with Crippen LogP contribution in [0.1, 0.15) is 12.5 Å². The number of aromatic nitrogens is 1. The Labute approximate surface area is 123 Å². The van der Waals surface area contributed by atoms with Crippen molar-refractivity contribution in [3.05, 3.63) is 58.1 Å². The smallest absolute Gasteiger partial charge is 0.276 e.